The van der Waals surface area contributed by atoms with E-state index in [1.807, 2.05) is 0 Å². The number of nitrogens with zero attached hydrogens (tertiary/aromatic N) is 3. The zero-order chi connectivity index (χ0) is 20.2. The predicted molar refractivity (Wildman–Crippen MR) is 105 cm³/mol. The van der Waals surface area contributed by atoms with Crippen molar-refractivity contribution in [3.8, 4) is 0 Å². The Morgan fingerprint density at radius 3 is 2.55 bits per heavy atom. The molecule has 29 heavy (non-hydrogen) atoms. The van der Waals surface area contributed by atoms with Gasteiger partial charge in [-0.15, -0.1) is 0 Å². The molecule has 6 rings (SSSR count). The number of rotatable bonds is 5. The van der Waals surface area contributed by atoms with Crippen LogP contribution in [-0.4, -0.2) is 33.0 Å². The average Bonchev–Trinajstić information content (AvgIpc) is 3.06. The zero-order valence-electron chi connectivity index (χ0n) is 16.3. The molecular weight excluding hydrogens is 392 g/mol. The predicted octanol–water partition coefficient (Wildman–Crippen LogP) is 1.84. The lowest BCUT2D eigenvalue weighted by atomic mass is 9.49. The summed E-state index contributed by atoms with van der Waals surface area (Å²) in [5, 5.41) is 7.45. The Morgan fingerprint density at radius 2 is 1.90 bits per heavy atom. The number of carbonyl (C=O) groups excluding carboxylic acids is 2. The van der Waals surface area contributed by atoms with Crippen LogP contribution in [0.15, 0.2) is 10.9 Å². The van der Waals surface area contributed by atoms with Crippen LogP contribution in [0.3, 0.4) is 0 Å². The van der Waals surface area contributed by atoms with Gasteiger partial charge in [0.1, 0.15) is 13.2 Å². The van der Waals surface area contributed by atoms with E-state index in [1.54, 1.807) is 6.92 Å². The first kappa shape index (κ1) is 18.7. The summed E-state index contributed by atoms with van der Waals surface area (Å²) in [6.07, 6.45) is 6.71. The topological polar surface area (TPSA) is 103 Å². The molecule has 0 unspecified atom stereocenters. The molecule has 0 spiro atoms. The smallest absolute Gasteiger partial charge is 0.325 e. The summed E-state index contributed by atoms with van der Waals surface area (Å²) in [5.41, 5.74) is 0.0889. The summed E-state index contributed by atoms with van der Waals surface area (Å²) in [5.74, 6) is 1.55. The third-order valence-electron chi connectivity index (χ3n) is 6.68. The van der Waals surface area contributed by atoms with Crippen LogP contribution in [0.2, 0.25) is 0 Å². The average molecular weight is 417 g/mol. The third kappa shape index (κ3) is 3.45. The SMILES string of the molecule is Cc1cc(=O)n2nc(COC(=O)CNC(=O)C34CC5CC(CC(C5)C3)C4)sc2n1. The van der Waals surface area contributed by atoms with Crippen LogP contribution in [0.5, 0.6) is 0 Å². The van der Waals surface area contributed by atoms with Crippen LogP contribution < -0.4 is 10.9 Å². The zero-order valence-corrected chi connectivity index (χ0v) is 17.2. The van der Waals surface area contributed by atoms with Gasteiger partial charge in [-0.25, -0.2) is 4.98 Å². The molecule has 8 nitrogen and oxygen atoms in total. The fraction of sp³-hybridized carbons (Fsp3) is 0.650. The molecule has 0 aliphatic heterocycles. The summed E-state index contributed by atoms with van der Waals surface area (Å²) in [7, 11) is 0. The second-order valence-electron chi connectivity index (χ2n) is 8.97. The second-order valence-corrected chi connectivity index (χ2v) is 10.0. The van der Waals surface area contributed by atoms with Crippen molar-refractivity contribution in [2.24, 2.45) is 23.2 Å². The van der Waals surface area contributed by atoms with E-state index in [0.717, 1.165) is 19.3 Å². The van der Waals surface area contributed by atoms with Crippen molar-refractivity contribution in [3.63, 3.8) is 0 Å². The van der Waals surface area contributed by atoms with Gasteiger partial charge in [0.2, 0.25) is 10.9 Å². The summed E-state index contributed by atoms with van der Waals surface area (Å²) in [4.78, 5) is 41.7. The number of carbonyl (C=O) groups is 2. The number of aryl methyl sites for hydroxylation is 1. The quantitative estimate of drug-likeness (QED) is 0.746. The van der Waals surface area contributed by atoms with Crippen LogP contribution in [0.4, 0.5) is 0 Å². The van der Waals surface area contributed by atoms with Gasteiger partial charge in [0.05, 0.1) is 0 Å². The molecule has 154 valence electrons. The van der Waals surface area contributed by atoms with Crippen LogP contribution in [0.25, 0.3) is 4.96 Å². The summed E-state index contributed by atoms with van der Waals surface area (Å²) < 4.78 is 6.45. The monoisotopic (exact) mass is 416 g/mol. The molecule has 0 atom stereocenters. The molecule has 2 aromatic rings. The van der Waals surface area contributed by atoms with Crippen molar-refractivity contribution < 1.29 is 14.3 Å². The lowest BCUT2D eigenvalue weighted by molar-refractivity contribution is -0.151. The third-order valence-corrected chi connectivity index (χ3v) is 7.57. The molecule has 4 fully saturated rings. The van der Waals surface area contributed by atoms with Gasteiger partial charge in [0.25, 0.3) is 5.56 Å². The maximum absolute atomic E-state index is 12.9. The fourth-order valence-corrected chi connectivity index (χ4v) is 6.80. The Kier molecular flexibility index (Phi) is 4.45. The van der Waals surface area contributed by atoms with Crippen LogP contribution >= 0.6 is 11.3 Å². The van der Waals surface area contributed by atoms with E-state index in [9.17, 15) is 14.4 Å². The Balaban J connectivity index is 1.16. The number of ether oxygens (including phenoxy) is 1. The van der Waals surface area contributed by atoms with E-state index in [1.165, 1.54) is 41.2 Å². The van der Waals surface area contributed by atoms with E-state index >= 15 is 0 Å². The number of aromatic nitrogens is 3. The highest BCUT2D eigenvalue weighted by atomic mass is 32.1. The second kappa shape index (κ2) is 6.90. The molecule has 9 heteroatoms. The minimum absolute atomic E-state index is 0.0137. The maximum atomic E-state index is 12.9. The van der Waals surface area contributed by atoms with Crippen molar-refractivity contribution >= 4 is 28.2 Å². The summed E-state index contributed by atoms with van der Waals surface area (Å²) in [6.45, 7) is 1.56. The Hall–Kier alpha value is -2.29. The van der Waals surface area contributed by atoms with Crippen LogP contribution in [0, 0.1) is 30.1 Å². The van der Waals surface area contributed by atoms with Gasteiger partial charge in [-0.3, -0.25) is 14.4 Å². The molecular formula is C20H24N4O4S. The van der Waals surface area contributed by atoms with E-state index < -0.39 is 5.97 Å². The number of hydrogen-bond acceptors (Lipinski definition) is 7. The van der Waals surface area contributed by atoms with E-state index in [0.29, 0.717) is 33.4 Å². The first-order chi connectivity index (χ1) is 13.9. The van der Waals surface area contributed by atoms with Gasteiger partial charge in [-0.1, -0.05) is 11.3 Å². The molecule has 2 heterocycles. The molecule has 0 aromatic carbocycles. The van der Waals surface area contributed by atoms with Crippen molar-refractivity contribution in [1.82, 2.24) is 19.9 Å². The number of esters is 1. The lowest BCUT2D eigenvalue weighted by Gasteiger charge is -2.55. The van der Waals surface area contributed by atoms with Crippen LogP contribution in [0.1, 0.15) is 49.2 Å². The molecule has 4 saturated carbocycles. The molecule has 4 aliphatic rings. The fourth-order valence-electron chi connectivity index (χ4n) is 5.94. The molecule has 1 amide bonds. The highest BCUT2D eigenvalue weighted by Crippen LogP contribution is 2.60. The Morgan fingerprint density at radius 1 is 1.24 bits per heavy atom. The number of fused-ring (bicyclic) bond motifs is 1. The van der Waals surface area contributed by atoms with E-state index in [4.69, 9.17) is 4.74 Å². The Labute approximate surface area is 171 Å². The van der Waals surface area contributed by atoms with Crippen LogP contribution in [-0.2, 0) is 20.9 Å². The first-order valence-corrected chi connectivity index (χ1v) is 11.0. The molecule has 1 N–H and O–H groups in total. The van der Waals surface area contributed by atoms with Crippen molar-refractivity contribution in [3.05, 3.63) is 27.1 Å². The van der Waals surface area contributed by atoms with Crippen molar-refractivity contribution in [2.75, 3.05) is 6.54 Å². The molecule has 4 aliphatic carbocycles. The minimum Gasteiger partial charge on any atom is -0.457 e. The highest BCUT2D eigenvalue weighted by molar-refractivity contribution is 7.16. The summed E-state index contributed by atoms with van der Waals surface area (Å²) >= 11 is 1.21. The summed E-state index contributed by atoms with van der Waals surface area (Å²) in [6, 6.07) is 1.41. The first-order valence-electron chi connectivity index (χ1n) is 10.2. The van der Waals surface area contributed by atoms with Gasteiger partial charge in [-0.05, 0) is 63.2 Å². The van der Waals surface area contributed by atoms with Crippen molar-refractivity contribution in [1.29, 1.82) is 0 Å². The Bertz CT molecular complexity index is 1010. The molecule has 0 saturated heterocycles. The highest BCUT2D eigenvalue weighted by Gasteiger charge is 2.54. The number of amides is 1. The van der Waals surface area contributed by atoms with Gasteiger partial charge in [0.15, 0.2) is 5.01 Å². The van der Waals surface area contributed by atoms with Gasteiger partial charge < -0.3 is 10.1 Å². The van der Waals surface area contributed by atoms with Gasteiger partial charge in [-0.2, -0.15) is 9.61 Å². The normalized spacial score (nSPS) is 29.9. The van der Waals surface area contributed by atoms with Gasteiger partial charge in [0, 0.05) is 17.2 Å². The number of nitrogens with one attached hydrogen (secondary N) is 1. The maximum Gasteiger partial charge on any atom is 0.325 e. The van der Waals surface area contributed by atoms with E-state index in [2.05, 4.69) is 15.4 Å². The molecule has 2 aromatic heterocycles. The minimum atomic E-state index is -0.501. The van der Waals surface area contributed by atoms with Gasteiger partial charge >= 0.3 is 5.97 Å². The lowest BCUT2D eigenvalue weighted by Crippen LogP contribution is -2.54. The van der Waals surface area contributed by atoms with Crippen molar-refractivity contribution in [2.45, 2.75) is 52.1 Å². The molecule has 4 bridgehead atoms. The standard InChI is InChI=1S/C20H24N4O4S/c1-11-2-16(25)24-19(22-11)29-15(23-24)10-28-17(26)9-21-18(27)20-6-12-3-13(7-20)5-14(4-12)8-20/h2,12-14H,3-10H2,1H3,(H,21,27). The van der Waals surface area contributed by atoms with E-state index in [-0.39, 0.29) is 30.0 Å². The largest absolute Gasteiger partial charge is 0.457 e. The number of hydrogen-bond donors (Lipinski definition) is 1. The molecule has 0 radical (unpaired) electrons.